The predicted octanol–water partition coefficient (Wildman–Crippen LogP) is 3.56. The number of nitrogens with zero attached hydrogens (tertiary/aromatic N) is 1. The van der Waals surface area contributed by atoms with Crippen molar-refractivity contribution in [1.29, 1.82) is 0 Å². The van der Waals surface area contributed by atoms with Gasteiger partial charge in [0.15, 0.2) is 0 Å². The van der Waals surface area contributed by atoms with Crippen molar-refractivity contribution in [3.63, 3.8) is 0 Å². The molecule has 0 saturated carbocycles. The van der Waals surface area contributed by atoms with Crippen molar-refractivity contribution >= 4 is 0 Å². The summed E-state index contributed by atoms with van der Waals surface area (Å²) in [5, 5.41) is 4.34. The molecular formula is C16H24NO. The lowest BCUT2D eigenvalue weighted by Crippen LogP contribution is -2.30. The Balaban J connectivity index is 1.79. The quantitative estimate of drug-likeness (QED) is 0.704. The van der Waals surface area contributed by atoms with Crippen LogP contribution in [-0.4, -0.2) is 19.2 Å². The van der Waals surface area contributed by atoms with Crippen LogP contribution in [0.1, 0.15) is 44.6 Å². The Morgan fingerprint density at radius 1 is 1.11 bits per heavy atom. The van der Waals surface area contributed by atoms with Crippen molar-refractivity contribution in [2.75, 3.05) is 13.1 Å². The molecule has 0 unspecified atom stereocenters. The SMILES string of the molecule is CCCCCc1ccc(OC2CC[N]CC2)cc1. The van der Waals surface area contributed by atoms with Crippen molar-refractivity contribution in [3.8, 4) is 5.75 Å². The highest BCUT2D eigenvalue weighted by atomic mass is 16.5. The molecule has 99 valence electrons. The highest BCUT2D eigenvalue weighted by molar-refractivity contribution is 5.27. The van der Waals surface area contributed by atoms with Gasteiger partial charge in [-0.05, 0) is 43.4 Å². The van der Waals surface area contributed by atoms with E-state index in [1.165, 1.54) is 31.2 Å². The summed E-state index contributed by atoms with van der Waals surface area (Å²) in [6.07, 6.45) is 7.60. The largest absolute Gasteiger partial charge is 0.490 e. The van der Waals surface area contributed by atoms with E-state index in [9.17, 15) is 0 Å². The number of aryl methyl sites for hydroxylation is 1. The standard InChI is InChI=1S/C16H24NO/c1-2-3-4-5-14-6-8-15(9-7-14)18-16-10-12-17-13-11-16/h6-9,16H,2-5,10-13H2,1H3. The number of unbranched alkanes of at least 4 members (excludes halogenated alkanes) is 2. The van der Waals surface area contributed by atoms with Gasteiger partial charge in [0.25, 0.3) is 0 Å². The van der Waals surface area contributed by atoms with Gasteiger partial charge in [-0.2, -0.15) is 0 Å². The molecule has 1 aromatic carbocycles. The summed E-state index contributed by atoms with van der Waals surface area (Å²) in [5.74, 6) is 1.01. The Hall–Kier alpha value is -1.02. The summed E-state index contributed by atoms with van der Waals surface area (Å²) >= 11 is 0. The van der Waals surface area contributed by atoms with Gasteiger partial charge in [-0.25, -0.2) is 5.32 Å². The molecule has 1 fully saturated rings. The number of ether oxygens (including phenoxy) is 1. The van der Waals surface area contributed by atoms with Crippen molar-refractivity contribution in [2.45, 2.75) is 51.6 Å². The fourth-order valence-corrected chi connectivity index (χ4v) is 2.35. The predicted molar refractivity (Wildman–Crippen MR) is 75.2 cm³/mol. The van der Waals surface area contributed by atoms with E-state index in [2.05, 4.69) is 36.5 Å². The molecule has 2 heteroatoms. The zero-order chi connectivity index (χ0) is 12.6. The van der Waals surface area contributed by atoms with Gasteiger partial charge in [0, 0.05) is 13.1 Å². The van der Waals surface area contributed by atoms with E-state index in [-0.39, 0.29) is 0 Å². The van der Waals surface area contributed by atoms with Crippen molar-refractivity contribution in [1.82, 2.24) is 5.32 Å². The topological polar surface area (TPSA) is 23.3 Å². The smallest absolute Gasteiger partial charge is 0.119 e. The van der Waals surface area contributed by atoms with E-state index in [1.54, 1.807) is 0 Å². The van der Waals surface area contributed by atoms with Crippen LogP contribution < -0.4 is 10.1 Å². The van der Waals surface area contributed by atoms with Crippen LogP contribution in [-0.2, 0) is 6.42 Å². The Labute approximate surface area is 111 Å². The summed E-state index contributed by atoms with van der Waals surface area (Å²) in [6, 6.07) is 8.65. The molecule has 1 aromatic rings. The number of rotatable bonds is 6. The monoisotopic (exact) mass is 246 g/mol. The zero-order valence-corrected chi connectivity index (χ0v) is 11.4. The van der Waals surface area contributed by atoms with E-state index >= 15 is 0 Å². The first-order chi connectivity index (χ1) is 8.88. The lowest BCUT2D eigenvalue weighted by Gasteiger charge is -2.22. The van der Waals surface area contributed by atoms with Gasteiger partial charge in [-0.1, -0.05) is 31.9 Å². The second-order valence-electron chi connectivity index (χ2n) is 5.09. The molecule has 0 aromatic heterocycles. The minimum absolute atomic E-state index is 0.369. The maximum atomic E-state index is 5.98. The molecule has 2 rings (SSSR count). The van der Waals surface area contributed by atoms with Gasteiger partial charge in [-0.15, -0.1) is 0 Å². The van der Waals surface area contributed by atoms with Crippen LogP contribution in [0.2, 0.25) is 0 Å². The maximum Gasteiger partial charge on any atom is 0.119 e. The molecule has 1 heterocycles. The van der Waals surface area contributed by atoms with Crippen LogP contribution >= 0.6 is 0 Å². The minimum Gasteiger partial charge on any atom is -0.490 e. The molecule has 0 aliphatic carbocycles. The molecule has 0 N–H and O–H groups in total. The molecule has 0 bridgehead atoms. The van der Waals surface area contributed by atoms with Gasteiger partial charge < -0.3 is 4.74 Å². The molecule has 1 radical (unpaired) electrons. The fourth-order valence-electron chi connectivity index (χ4n) is 2.35. The third-order valence-electron chi connectivity index (χ3n) is 3.51. The zero-order valence-electron chi connectivity index (χ0n) is 11.4. The molecule has 0 amide bonds. The summed E-state index contributed by atoms with van der Waals surface area (Å²) in [4.78, 5) is 0. The third kappa shape index (κ3) is 4.34. The number of hydrogen-bond donors (Lipinski definition) is 0. The first kappa shape index (κ1) is 13.4. The fraction of sp³-hybridized carbons (Fsp3) is 0.625. The summed E-state index contributed by atoms with van der Waals surface area (Å²) < 4.78 is 5.98. The van der Waals surface area contributed by atoms with Crippen LogP contribution in [0.3, 0.4) is 0 Å². The molecule has 1 aliphatic heterocycles. The molecular weight excluding hydrogens is 222 g/mol. The molecule has 1 saturated heterocycles. The van der Waals surface area contributed by atoms with E-state index < -0.39 is 0 Å². The first-order valence-electron chi connectivity index (χ1n) is 7.27. The summed E-state index contributed by atoms with van der Waals surface area (Å²) in [5.41, 5.74) is 1.43. The van der Waals surface area contributed by atoms with Crippen LogP contribution in [0.15, 0.2) is 24.3 Å². The van der Waals surface area contributed by atoms with Crippen LogP contribution in [0, 0.1) is 0 Å². The second-order valence-corrected chi connectivity index (χ2v) is 5.09. The Kier molecular flexibility index (Phi) is 5.53. The lowest BCUT2D eigenvalue weighted by molar-refractivity contribution is 0.161. The highest BCUT2D eigenvalue weighted by Gasteiger charge is 2.14. The van der Waals surface area contributed by atoms with Crippen molar-refractivity contribution < 1.29 is 4.74 Å². The van der Waals surface area contributed by atoms with Crippen LogP contribution in [0.4, 0.5) is 0 Å². The van der Waals surface area contributed by atoms with Gasteiger partial charge in [0.2, 0.25) is 0 Å². The molecule has 1 aliphatic rings. The highest BCUT2D eigenvalue weighted by Crippen LogP contribution is 2.18. The number of piperidine rings is 1. The van der Waals surface area contributed by atoms with E-state index in [4.69, 9.17) is 4.74 Å². The Morgan fingerprint density at radius 3 is 2.50 bits per heavy atom. The van der Waals surface area contributed by atoms with Gasteiger partial charge in [0.05, 0.1) is 0 Å². The first-order valence-corrected chi connectivity index (χ1v) is 7.27. The van der Waals surface area contributed by atoms with E-state index in [0.29, 0.717) is 6.10 Å². The van der Waals surface area contributed by atoms with Crippen LogP contribution in [0.25, 0.3) is 0 Å². The van der Waals surface area contributed by atoms with E-state index in [1.807, 2.05) is 0 Å². The number of benzene rings is 1. The summed E-state index contributed by atoms with van der Waals surface area (Å²) in [7, 11) is 0. The third-order valence-corrected chi connectivity index (χ3v) is 3.51. The molecule has 2 nitrogen and oxygen atoms in total. The van der Waals surface area contributed by atoms with E-state index in [0.717, 1.165) is 31.7 Å². The average Bonchev–Trinajstić information content (AvgIpc) is 2.42. The van der Waals surface area contributed by atoms with Crippen LogP contribution in [0.5, 0.6) is 5.75 Å². The Morgan fingerprint density at radius 2 is 1.83 bits per heavy atom. The average molecular weight is 246 g/mol. The lowest BCUT2D eigenvalue weighted by atomic mass is 10.1. The van der Waals surface area contributed by atoms with Gasteiger partial charge in [-0.3, -0.25) is 0 Å². The second kappa shape index (κ2) is 7.42. The van der Waals surface area contributed by atoms with Crippen molar-refractivity contribution in [3.05, 3.63) is 29.8 Å². The summed E-state index contributed by atoms with van der Waals surface area (Å²) in [6.45, 7) is 4.16. The normalized spacial score (nSPS) is 16.7. The Bertz CT molecular complexity index is 327. The minimum atomic E-state index is 0.369. The van der Waals surface area contributed by atoms with Gasteiger partial charge in [0.1, 0.15) is 11.9 Å². The molecule has 18 heavy (non-hydrogen) atoms. The number of hydrogen-bond acceptors (Lipinski definition) is 1. The van der Waals surface area contributed by atoms with Crippen molar-refractivity contribution in [2.24, 2.45) is 0 Å². The molecule has 0 atom stereocenters. The maximum absolute atomic E-state index is 5.98. The molecule has 0 spiro atoms. The van der Waals surface area contributed by atoms with Gasteiger partial charge >= 0.3 is 0 Å².